The Morgan fingerprint density at radius 3 is 2.35 bits per heavy atom. The number of rotatable bonds is 6. The largest absolute Gasteiger partial charge is 0.467 e. The maximum absolute atomic E-state index is 11.6. The van der Waals surface area contributed by atoms with Crippen molar-refractivity contribution in [1.29, 1.82) is 5.39 Å². The van der Waals surface area contributed by atoms with E-state index in [4.69, 9.17) is 10.1 Å². The maximum atomic E-state index is 11.6. The summed E-state index contributed by atoms with van der Waals surface area (Å²) in [5.74, 6) is -1.03. The van der Waals surface area contributed by atoms with Crippen LogP contribution in [0.2, 0.25) is 0 Å². The molecule has 0 rings (SSSR count). The number of diazo groups is 1. The molecule has 0 aromatic rings. The molecule has 0 aliphatic heterocycles. The molecule has 0 heterocycles. The molecule has 0 saturated heterocycles. The van der Waals surface area contributed by atoms with E-state index in [1.165, 1.54) is 7.11 Å². The summed E-state index contributed by atoms with van der Waals surface area (Å²) >= 11 is 0. The lowest BCUT2D eigenvalue weighted by Crippen LogP contribution is -2.44. The van der Waals surface area contributed by atoms with Crippen molar-refractivity contribution in [2.75, 3.05) is 13.7 Å². The molecule has 1 atom stereocenters. The third-order valence-electron chi connectivity index (χ3n) is 2.14. The molecular formula is C12H20N3O5+. The molecule has 0 fully saturated rings. The van der Waals surface area contributed by atoms with Crippen molar-refractivity contribution in [2.45, 2.75) is 45.3 Å². The van der Waals surface area contributed by atoms with Crippen LogP contribution in [0.25, 0.3) is 4.98 Å². The van der Waals surface area contributed by atoms with Gasteiger partial charge >= 0.3 is 18.6 Å². The van der Waals surface area contributed by atoms with E-state index in [9.17, 15) is 14.4 Å². The van der Waals surface area contributed by atoms with Crippen molar-refractivity contribution in [3.8, 4) is 0 Å². The summed E-state index contributed by atoms with van der Waals surface area (Å²) in [4.78, 5) is 37.0. The van der Waals surface area contributed by atoms with E-state index in [0.29, 0.717) is 0 Å². The summed E-state index contributed by atoms with van der Waals surface area (Å²) < 4.78 is 9.56. The quantitative estimate of drug-likeness (QED) is 0.581. The molecule has 0 saturated carbocycles. The molecule has 0 unspecified atom stereocenters. The van der Waals surface area contributed by atoms with Gasteiger partial charge in [-0.2, -0.15) is 0 Å². The van der Waals surface area contributed by atoms with Crippen LogP contribution in [0.5, 0.6) is 0 Å². The predicted octanol–water partition coefficient (Wildman–Crippen LogP) is 1.26. The highest BCUT2D eigenvalue weighted by Gasteiger charge is 2.26. The predicted molar refractivity (Wildman–Crippen MR) is 69.4 cm³/mol. The van der Waals surface area contributed by atoms with Gasteiger partial charge in [0.25, 0.3) is 0 Å². The Kier molecular flexibility index (Phi) is 7.21. The highest BCUT2D eigenvalue weighted by atomic mass is 16.6. The van der Waals surface area contributed by atoms with E-state index in [1.54, 1.807) is 20.8 Å². The summed E-state index contributed by atoms with van der Waals surface area (Å²) in [5.41, 5.74) is -0.698. The highest BCUT2D eigenvalue weighted by Crippen LogP contribution is 2.08. The first-order chi connectivity index (χ1) is 9.19. The topological polar surface area (TPSA) is 110 Å². The molecule has 0 aliphatic rings. The van der Waals surface area contributed by atoms with Gasteiger partial charge in [-0.05, 0) is 27.2 Å². The molecule has 1 N–H and O–H groups in total. The zero-order valence-electron chi connectivity index (χ0n) is 12.1. The number of hydrogen-bond acceptors (Lipinski definition) is 6. The average Bonchev–Trinajstić information content (AvgIpc) is 2.31. The van der Waals surface area contributed by atoms with Crippen LogP contribution in [0.4, 0.5) is 4.79 Å². The Balaban J connectivity index is 4.51. The fourth-order valence-electron chi connectivity index (χ4n) is 1.30. The fourth-order valence-corrected chi connectivity index (χ4v) is 1.30. The third-order valence-corrected chi connectivity index (χ3v) is 2.14. The Morgan fingerprint density at radius 2 is 1.90 bits per heavy atom. The van der Waals surface area contributed by atoms with Gasteiger partial charge in [0, 0.05) is 6.42 Å². The van der Waals surface area contributed by atoms with Gasteiger partial charge in [-0.1, -0.05) is 0 Å². The molecule has 112 valence electrons. The molecule has 0 spiro atoms. The van der Waals surface area contributed by atoms with Crippen LogP contribution in [0.15, 0.2) is 0 Å². The molecule has 20 heavy (non-hydrogen) atoms. The first kappa shape index (κ1) is 17.8. The molecule has 0 aliphatic carbocycles. The van der Waals surface area contributed by atoms with Crippen LogP contribution in [-0.2, 0) is 19.1 Å². The van der Waals surface area contributed by atoms with Gasteiger partial charge in [-0.3, -0.25) is 4.79 Å². The van der Waals surface area contributed by atoms with Crippen LogP contribution in [0, 0.1) is 5.39 Å². The van der Waals surface area contributed by atoms with Gasteiger partial charge in [0.05, 0.1) is 7.11 Å². The number of amides is 1. The van der Waals surface area contributed by atoms with Crippen LogP contribution in [-0.4, -0.2) is 43.1 Å². The van der Waals surface area contributed by atoms with E-state index in [0.717, 1.165) is 0 Å². The molecule has 8 heteroatoms. The minimum atomic E-state index is -0.988. The first-order valence-corrected chi connectivity index (χ1v) is 6.09. The molecule has 0 aromatic carbocycles. The van der Waals surface area contributed by atoms with Crippen molar-refractivity contribution in [3.05, 3.63) is 4.98 Å². The summed E-state index contributed by atoms with van der Waals surface area (Å²) in [6.45, 7) is 4.71. The van der Waals surface area contributed by atoms with Crippen molar-refractivity contribution in [1.82, 2.24) is 5.32 Å². The second-order valence-electron chi connectivity index (χ2n) is 5.10. The van der Waals surface area contributed by atoms with Gasteiger partial charge in [-0.15, -0.1) is 0 Å². The molecule has 0 bridgehead atoms. The standard InChI is InChI=1S/C12H19N3O5/c1-12(2,3)20-11(18)15-9(10(17)19-4)6-5-8(16)7-14-13/h9H,5-7H2,1-4H3/p+1/t9-/m0/s1. The van der Waals surface area contributed by atoms with Gasteiger partial charge in [0.15, 0.2) is 0 Å². The molecular weight excluding hydrogens is 266 g/mol. The first-order valence-electron chi connectivity index (χ1n) is 6.09. The smallest absolute Gasteiger partial charge is 0.408 e. The second kappa shape index (κ2) is 8.09. The van der Waals surface area contributed by atoms with Crippen LogP contribution in [0.1, 0.15) is 33.6 Å². The zero-order valence-corrected chi connectivity index (χ0v) is 12.1. The fraction of sp³-hybridized carbons (Fsp3) is 0.750. The second-order valence-corrected chi connectivity index (χ2v) is 5.10. The van der Waals surface area contributed by atoms with Crippen molar-refractivity contribution in [2.24, 2.45) is 0 Å². The molecule has 0 aromatic heterocycles. The lowest BCUT2D eigenvalue weighted by Gasteiger charge is -2.22. The molecule has 8 nitrogen and oxygen atoms in total. The Hall–Kier alpha value is -2.17. The van der Waals surface area contributed by atoms with Crippen molar-refractivity contribution < 1.29 is 23.9 Å². The Morgan fingerprint density at radius 1 is 1.30 bits per heavy atom. The van der Waals surface area contributed by atoms with Gasteiger partial charge < -0.3 is 14.8 Å². The number of carbonyl (C=O) groups is 3. The summed E-state index contributed by atoms with van der Waals surface area (Å²) in [7, 11) is 1.18. The number of hydrogen-bond donors (Lipinski definition) is 1. The SMILES string of the molecule is COC(=O)[C@H](CCC(=O)C[N+]#N)NC(=O)OC(C)(C)C. The van der Waals surface area contributed by atoms with E-state index < -0.39 is 23.7 Å². The van der Waals surface area contributed by atoms with Crippen LogP contribution >= 0.6 is 0 Å². The lowest BCUT2D eigenvalue weighted by atomic mass is 10.1. The number of Topliss-reactive ketones (excluding diaryl/α,β-unsaturated/α-hetero) is 1. The number of ether oxygens (including phenoxy) is 2. The summed E-state index contributed by atoms with van der Waals surface area (Å²) in [6, 6.07) is -0.988. The van der Waals surface area contributed by atoms with E-state index >= 15 is 0 Å². The number of esters is 1. The molecule has 1 amide bonds. The molecule has 0 radical (unpaired) electrons. The van der Waals surface area contributed by atoms with Gasteiger partial charge in [-0.25, -0.2) is 9.59 Å². The Bertz CT molecular complexity index is 408. The number of alkyl carbamates (subject to hydrolysis) is 1. The third kappa shape index (κ3) is 8.02. The number of nitrogens with zero attached hydrogens (tertiary/aromatic N) is 2. The summed E-state index contributed by atoms with van der Waals surface area (Å²) in [5, 5.41) is 10.6. The van der Waals surface area contributed by atoms with Crippen LogP contribution < -0.4 is 5.32 Å². The van der Waals surface area contributed by atoms with E-state index in [-0.39, 0.29) is 25.2 Å². The number of methoxy groups -OCH3 is 1. The van der Waals surface area contributed by atoms with Crippen LogP contribution in [0.3, 0.4) is 0 Å². The number of nitrogens with one attached hydrogen (secondary N) is 1. The van der Waals surface area contributed by atoms with Crippen molar-refractivity contribution in [3.63, 3.8) is 0 Å². The highest BCUT2D eigenvalue weighted by molar-refractivity contribution is 5.84. The Labute approximate surface area is 117 Å². The van der Waals surface area contributed by atoms with Crippen molar-refractivity contribution >= 4 is 17.8 Å². The minimum Gasteiger partial charge on any atom is -0.467 e. The maximum Gasteiger partial charge on any atom is 0.408 e. The summed E-state index contributed by atoms with van der Waals surface area (Å²) in [6.07, 6.45) is -0.757. The lowest BCUT2D eigenvalue weighted by molar-refractivity contribution is -0.143. The number of carbonyl (C=O) groups excluding carboxylic acids is 3. The van der Waals surface area contributed by atoms with E-state index in [2.05, 4.69) is 15.0 Å². The monoisotopic (exact) mass is 286 g/mol. The normalized spacial score (nSPS) is 11.9. The average molecular weight is 286 g/mol. The van der Waals surface area contributed by atoms with E-state index in [1.807, 2.05) is 0 Å². The van der Waals surface area contributed by atoms with Gasteiger partial charge in [0.2, 0.25) is 11.2 Å². The minimum absolute atomic E-state index is 0.0282. The zero-order chi connectivity index (χ0) is 15.8. The van der Waals surface area contributed by atoms with Gasteiger partial charge in [0.1, 0.15) is 16.6 Å². The number of ketones is 1.